The van der Waals surface area contributed by atoms with E-state index in [1.807, 2.05) is 46.9 Å². The van der Waals surface area contributed by atoms with Crippen LogP contribution in [0.15, 0.2) is 24.3 Å². The van der Waals surface area contributed by atoms with Crippen LogP contribution < -0.4 is 10.6 Å². The van der Waals surface area contributed by atoms with Crippen molar-refractivity contribution < 1.29 is 19.1 Å². The van der Waals surface area contributed by atoms with Gasteiger partial charge in [0.05, 0.1) is 5.69 Å². The average Bonchev–Trinajstić information content (AvgIpc) is 2.86. The number of ether oxygens (including phenoxy) is 1. The predicted octanol–water partition coefficient (Wildman–Crippen LogP) is 2.56. The van der Waals surface area contributed by atoms with Crippen molar-refractivity contribution in [2.45, 2.75) is 27.7 Å². The fourth-order valence-electron chi connectivity index (χ4n) is 2.64. The molecule has 0 bridgehead atoms. The van der Waals surface area contributed by atoms with E-state index in [4.69, 9.17) is 4.74 Å². The van der Waals surface area contributed by atoms with Crippen molar-refractivity contribution in [3.05, 3.63) is 52.4 Å². The lowest BCUT2D eigenvalue weighted by atomic mass is 10.1. The molecule has 0 radical (unpaired) electrons. The van der Waals surface area contributed by atoms with Gasteiger partial charge in [-0.3, -0.25) is 14.8 Å². The predicted molar refractivity (Wildman–Crippen MR) is 106 cm³/mol. The van der Waals surface area contributed by atoms with Crippen LogP contribution in [0.25, 0.3) is 6.08 Å². The summed E-state index contributed by atoms with van der Waals surface area (Å²) < 4.78 is 6.57. The summed E-state index contributed by atoms with van der Waals surface area (Å²) in [6.07, 6.45) is 2.81. The monoisotopic (exact) mass is 384 g/mol. The molecule has 0 aliphatic heterocycles. The van der Waals surface area contributed by atoms with E-state index in [9.17, 15) is 14.4 Å². The van der Waals surface area contributed by atoms with Crippen LogP contribution in [-0.2, 0) is 21.4 Å². The first-order valence-corrected chi connectivity index (χ1v) is 8.70. The molecule has 0 fully saturated rings. The van der Waals surface area contributed by atoms with Crippen LogP contribution in [0.4, 0.5) is 10.5 Å². The standard InChI is InChI=1S/C20H24N4O4/c1-12-6-8-17(13(2)10-12)21-20(27)22-18(25)11-28-19(26)9-7-16-14(3)23-24(5)15(16)4/h6-10H,11H2,1-5H3,(H2,21,22,25,27)/b9-7+. The molecule has 2 aromatic rings. The van der Waals surface area contributed by atoms with E-state index >= 15 is 0 Å². The molecule has 1 aromatic carbocycles. The number of nitrogens with one attached hydrogen (secondary N) is 2. The number of rotatable bonds is 5. The van der Waals surface area contributed by atoms with Crippen molar-refractivity contribution >= 4 is 29.7 Å². The van der Waals surface area contributed by atoms with E-state index < -0.39 is 24.5 Å². The highest BCUT2D eigenvalue weighted by molar-refractivity contribution is 6.02. The Bertz CT molecular complexity index is 944. The number of amides is 3. The van der Waals surface area contributed by atoms with Gasteiger partial charge < -0.3 is 10.1 Å². The number of esters is 1. The third-order valence-electron chi connectivity index (χ3n) is 4.18. The first kappa shape index (κ1) is 20.9. The summed E-state index contributed by atoms with van der Waals surface area (Å²) in [5.74, 6) is -1.41. The molecule has 1 aromatic heterocycles. The summed E-state index contributed by atoms with van der Waals surface area (Å²) in [7, 11) is 1.81. The molecule has 8 nitrogen and oxygen atoms in total. The van der Waals surface area contributed by atoms with Crippen LogP contribution in [0, 0.1) is 27.7 Å². The van der Waals surface area contributed by atoms with Crippen LogP contribution in [0.2, 0.25) is 0 Å². The molecule has 0 unspecified atom stereocenters. The molecular weight excluding hydrogens is 360 g/mol. The quantitative estimate of drug-likeness (QED) is 0.609. The van der Waals surface area contributed by atoms with Gasteiger partial charge in [-0.1, -0.05) is 17.7 Å². The molecule has 28 heavy (non-hydrogen) atoms. The number of aromatic nitrogens is 2. The van der Waals surface area contributed by atoms with Gasteiger partial charge in [0.1, 0.15) is 0 Å². The lowest BCUT2D eigenvalue weighted by Crippen LogP contribution is -2.37. The summed E-state index contributed by atoms with van der Waals surface area (Å²) in [6.45, 7) is 6.95. The molecule has 148 valence electrons. The van der Waals surface area contributed by atoms with Crippen molar-refractivity contribution in [3.8, 4) is 0 Å². The Morgan fingerprint density at radius 3 is 2.50 bits per heavy atom. The van der Waals surface area contributed by atoms with E-state index in [1.54, 1.807) is 16.8 Å². The topological polar surface area (TPSA) is 102 Å². The SMILES string of the molecule is Cc1ccc(NC(=O)NC(=O)COC(=O)/C=C/c2c(C)nn(C)c2C)c(C)c1. The average molecular weight is 384 g/mol. The molecular formula is C20H24N4O4. The molecule has 1 heterocycles. The molecule has 0 spiro atoms. The zero-order chi connectivity index (χ0) is 20.8. The van der Waals surface area contributed by atoms with E-state index in [2.05, 4.69) is 15.7 Å². The molecule has 0 saturated heterocycles. The van der Waals surface area contributed by atoms with Gasteiger partial charge in [-0.25, -0.2) is 9.59 Å². The largest absolute Gasteiger partial charge is 0.452 e. The number of imide groups is 1. The van der Waals surface area contributed by atoms with Crippen molar-refractivity contribution in [1.82, 2.24) is 15.1 Å². The highest BCUT2D eigenvalue weighted by Crippen LogP contribution is 2.16. The van der Waals surface area contributed by atoms with Crippen LogP contribution >= 0.6 is 0 Å². The highest BCUT2D eigenvalue weighted by atomic mass is 16.5. The third-order valence-corrected chi connectivity index (χ3v) is 4.18. The maximum absolute atomic E-state index is 11.9. The number of carbonyl (C=O) groups is 3. The van der Waals surface area contributed by atoms with Gasteiger partial charge in [0.25, 0.3) is 5.91 Å². The molecule has 2 rings (SSSR count). The second-order valence-corrected chi connectivity index (χ2v) is 6.47. The maximum Gasteiger partial charge on any atom is 0.331 e. The lowest BCUT2D eigenvalue weighted by Gasteiger charge is -2.09. The van der Waals surface area contributed by atoms with Crippen molar-refractivity contribution in [2.24, 2.45) is 7.05 Å². The Morgan fingerprint density at radius 2 is 1.89 bits per heavy atom. The molecule has 0 atom stereocenters. The Labute approximate surface area is 163 Å². The number of hydrogen-bond donors (Lipinski definition) is 2. The molecule has 0 aliphatic rings. The fourth-order valence-corrected chi connectivity index (χ4v) is 2.64. The summed E-state index contributed by atoms with van der Waals surface area (Å²) in [5, 5.41) is 8.95. The minimum absolute atomic E-state index is 0.561. The van der Waals surface area contributed by atoms with Gasteiger partial charge in [-0.2, -0.15) is 5.10 Å². The Hall–Kier alpha value is -3.42. The van der Waals surface area contributed by atoms with Gasteiger partial charge >= 0.3 is 12.0 Å². The Kier molecular flexibility index (Phi) is 6.70. The molecule has 0 aliphatic carbocycles. The number of hydrogen-bond acceptors (Lipinski definition) is 5. The molecule has 2 N–H and O–H groups in total. The summed E-state index contributed by atoms with van der Waals surface area (Å²) in [4.78, 5) is 35.5. The number of benzene rings is 1. The minimum Gasteiger partial charge on any atom is -0.452 e. The number of nitrogens with zero attached hydrogens (tertiary/aromatic N) is 2. The smallest absolute Gasteiger partial charge is 0.331 e. The van der Waals surface area contributed by atoms with E-state index in [-0.39, 0.29) is 0 Å². The van der Waals surface area contributed by atoms with Gasteiger partial charge in [0.15, 0.2) is 6.61 Å². The summed E-state index contributed by atoms with van der Waals surface area (Å²) in [5.41, 5.74) is 5.04. The number of urea groups is 1. The molecule has 3 amide bonds. The number of carbonyl (C=O) groups excluding carboxylic acids is 3. The first-order valence-electron chi connectivity index (χ1n) is 8.70. The van der Waals surface area contributed by atoms with E-state index in [0.29, 0.717) is 5.69 Å². The summed E-state index contributed by atoms with van der Waals surface area (Å²) in [6, 6.07) is 4.83. The zero-order valence-corrected chi connectivity index (χ0v) is 16.6. The van der Waals surface area contributed by atoms with Crippen LogP contribution in [0.5, 0.6) is 0 Å². The van der Waals surface area contributed by atoms with Gasteiger partial charge in [-0.15, -0.1) is 0 Å². The Morgan fingerprint density at radius 1 is 1.18 bits per heavy atom. The van der Waals surface area contributed by atoms with Crippen LogP contribution in [0.1, 0.15) is 28.1 Å². The van der Waals surface area contributed by atoms with Gasteiger partial charge in [0.2, 0.25) is 0 Å². The van der Waals surface area contributed by atoms with Crippen molar-refractivity contribution in [2.75, 3.05) is 11.9 Å². The maximum atomic E-state index is 11.9. The normalized spacial score (nSPS) is 10.8. The van der Waals surface area contributed by atoms with E-state index in [0.717, 1.165) is 28.1 Å². The van der Waals surface area contributed by atoms with Gasteiger partial charge in [-0.05, 0) is 45.4 Å². The van der Waals surface area contributed by atoms with Crippen molar-refractivity contribution in [3.63, 3.8) is 0 Å². The second kappa shape index (κ2) is 8.98. The highest BCUT2D eigenvalue weighted by Gasteiger charge is 2.12. The van der Waals surface area contributed by atoms with Crippen molar-refractivity contribution in [1.29, 1.82) is 0 Å². The third kappa shape index (κ3) is 5.54. The first-order chi connectivity index (χ1) is 13.2. The number of anilines is 1. The Balaban J connectivity index is 1.82. The minimum atomic E-state index is -0.724. The molecule has 0 saturated carbocycles. The summed E-state index contributed by atoms with van der Waals surface area (Å²) >= 11 is 0. The lowest BCUT2D eigenvalue weighted by molar-refractivity contribution is -0.143. The second-order valence-electron chi connectivity index (χ2n) is 6.47. The van der Waals surface area contributed by atoms with E-state index in [1.165, 1.54) is 6.08 Å². The molecule has 8 heteroatoms. The number of aryl methyl sites for hydroxylation is 4. The van der Waals surface area contributed by atoms with Crippen LogP contribution in [-0.4, -0.2) is 34.3 Å². The van der Waals surface area contributed by atoms with Gasteiger partial charge in [0, 0.05) is 30.1 Å². The van der Waals surface area contributed by atoms with Crippen LogP contribution in [0.3, 0.4) is 0 Å². The fraction of sp³-hybridized carbons (Fsp3) is 0.300. The zero-order valence-electron chi connectivity index (χ0n) is 16.6.